The Bertz CT molecular complexity index is 501. The minimum Gasteiger partial charge on any atom is -0.374 e. The first-order valence-corrected chi connectivity index (χ1v) is 12.9. The summed E-state index contributed by atoms with van der Waals surface area (Å²) < 4.78 is 6.46. The van der Waals surface area contributed by atoms with Crippen LogP contribution in [0, 0.1) is 29.6 Å². The van der Waals surface area contributed by atoms with Crippen molar-refractivity contribution < 1.29 is 9.53 Å². The number of carbonyl (C=O) groups is 1. The molecule has 1 aliphatic rings. The number of amides is 1. The second kappa shape index (κ2) is 14.3. The number of allylic oxidation sites excluding steroid dienone is 1. The molecule has 8 atom stereocenters. The van der Waals surface area contributed by atoms with Gasteiger partial charge in [-0.2, -0.15) is 0 Å². The summed E-state index contributed by atoms with van der Waals surface area (Å²) in [5, 5.41) is 3.29. The van der Waals surface area contributed by atoms with Crippen LogP contribution in [0.25, 0.3) is 0 Å². The number of carbonyl (C=O) groups excluding carboxylic acids is 1. The van der Waals surface area contributed by atoms with Gasteiger partial charge < -0.3 is 10.1 Å². The number of hydrogen-bond donors (Lipinski definition) is 1. The van der Waals surface area contributed by atoms with Gasteiger partial charge in [0.05, 0.1) is 12.2 Å². The maximum absolute atomic E-state index is 12.3. The number of unbranched alkanes of at least 4 members (excludes halogenated alkanes) is 1. The third-order valence-corrected chi connectivity index (χ3v) is 7.83. The summed E-state index contributed by atoms with van der Waals surface area (Å²) in [4.78, 5) is 12.3. The molecule has 1 fully saturated rings. The second-order valence-corrected chi connectivity index (χ2v) is 10.0. The van der Waals surface area contributed by atoms with Crippen molar-refractivity contribution in [2.24, 2.45) is 29.6 Å². The Labute approximate surface area is 187 Å². The summed E-state index contributed by atoms with van der Waals surface area (Å²) in [5.74, 6) is 3.18. The van der Waals surface area contributed by atoms with Gasteiger partial charge in [-0.15, -0.1) is 0 Å². The van der Waals surface area contributed by atoms with Crippen LogP contribution in [0.2, 0.25) is 0 Å². The summed E-state index contributed by atoms with van der Waals surface area (Å²) >= 11 is 0. The molecule has 1 amide bonds. The molecule has 1 N–H and O–H groups in total. The Balaban J connectivity index is 2.70. The van der Waals surface area contributed by atoms with Gasteiger partial charge in [0, 0.05) is 12.5 Å². The monoisotopic (exact) mass is 421 g/mol. The van der Waals surface area contributed by atoms with Crippen LogP contribution in [-0.2, 0) is 9.53 Å². The molecule has 0 aromatic rings. The highest BCUT2D eigenvalue weighted by Crippen LogP contribution is 2.37. The number of nitrogens with one attached hydrogen (secondary N) is 1. The molecule has 0 aliphatic carbocycles. The summed E-state index contributed by atoms with van der Waals surface area (Å²) in [6.07, 6.45) is 13.7. The van der Waals surface area contributed by atoms with E-state index in [2.05, 4.69) is 72.9 Å². The smallest absolute Gasteiger partial charge is 0.220 e. The minimum absolute atomic E-state index is 0.128. The van der Waals surface area contributed by atoms with Crippen LogP contribution >= 0.6 is 0 Å². The molecule has 1 aliphatic heterocycles. The maximum Gasteiger partial charge on any atom is 0.220 e. The lowest BCUT2D eigenvalue weighted by Gasteiger charge is -2.43. The highest BCUT2D eigenvalue weighted by Gasteiger charge is 2.37. The zero-order chi connectivity index (χ0) is 22.7. The van der Waals surface area contributed by atoms with E-state index in [0.717, 1.165) is 25.7 Å². The molecule has 0 radical (unpaired) electrons. The summed E-state index contributed by atoms with van der Waals surface area (Å²) in [6, 6.07) is 0.128. The van der Waals surface area contributed by atoms with Crippen molar-refractivity contribution >= 4 is 5.91 Å². The van der Waals surface area contributed by atoms with Crippen LogP contribution in [0.5, 0.6) is 0 Å². The number of hydrogen-bond acceptors (Lipinski definition) is 2. The van der Waals surface area contributed by atoms with Crippen molar-refractivity contribution in [1.29, 1.82) is 0 Å². The van der Waals surface area contributed by atoms with E-state index >= 15 is 0 Å². The summed E-state index contributed by atoms with van der Waals surface area (Å²) in [7, 11) is 0. The van der Waals surface area contributed by atoms with Crippen molar-refractivity contribution in [3.63, 3.8) is 0 Å². The molecule has 176 valence electrons. The molecular formula is C27H51NO2. The first kappa shape index (κ1) is 27.2. The zero-order valence-corrected chi connectivity index (χ0v) is 21.2. The molecule has 3 nitrogen and oxygen atoms in total. The molecule has 1 heterocycles. The average molecular weight is 422 g/mol. The van der Waals surface area contributed by atoms with Crippen molar-refractivity contribution in [2.45, 2.75) is 125 Å². The standard InChI is InChI=1S/C27H51NO2/c1-9-12-16-19(4)20(5)24(28-27(29)15-10-2)17-13-14-18-26-23(8)21(6)22(7)25(11-3)30-26/h13,17,19-26H,9-12,14-16,18H2,1-8H3,(H,28,29)/b17-13+/t19-,20-,21?,22-,23?,24+,25?,26+/m1/s1. The Kier molecular flexibility index (Phi) is 12.9. The average Bonchev–Trinajstić information content (AvgIpc) is 2.73. The second-order valence-electron chi connectivity index (χ2n) is 10.0. The molecule has 30 heavy (non-hydrogen) atoms. The lowest BCUT2D eigenvalue weighted by atomic mass is 9.75. The fourth-order valence-electron chi connectivity index (χ4n) is 4.91. The van der Waals surface area contributed by atoms with Crippen LogP contribution in [0.15, 0.2) is 12.2 Å². The molecule has 0 aromatic heterocycles. The molecule has 0 saturated carbocycles. The number of ether oxygens (including phenoxy) is 1. The first-order valence-electron chi connectivity index (χ1n) is 12.9. The van der Waals surface area contributed by atoms with E-state index in [1.807, 2.05) is 0 Å². The third-order valence-electron chi connectivity index (χ3n) is 7.83. The molecule has 0 aromatic carbocycles. The van der Waals surface area contributed by atoms with Crippen LogP contribution in [0.4, 0.5) is 0 Å². The molecule has 0 spiro atoms. The number of rotatable bonds is 13. The van der Waals surface area contributed by atoms with Gasteiger partial charge in [-0.25, -0.2) is 0 Å². The SMILES string of the molecule is CCCC[C@@H](C)[C@@H](C)[C@H](/C=C/CC[C@@H]1OC(CC)[C@H](C)C(C)C1C)NC(=O)CCC. The lowest BCUT2D eigenvalue weighted by Crippen LogP contribution is -2.44. The van der Waals surface area contributed by atoms with Gasteiger partial charge in [-0.1, -0.05) is 86.8 Å². The van der Waals surface area contributed by atoms with E-state index in [9.17, 15) is 4.79 Å². The normalized spacial score (nSPS) is 30.2. The summed E-state index contributed by atoms with van der Waals surface area (Å²) in [6.45, 7) is 18.3. The summed E-state index contributed by atoms with van der Waals surface area (Å²) in [5.41, 5.74) is 0. The first-order chi connectivity index (χ1) is 14.3. The van der Waals surface area contributed by atoms with Crippen LogP contribution in [0.1, 0.15) is 107 Å². The van der Waals surface area contributed by atoms with Gasteiger partial charge in [0.1, 0.15) is 0 Å². The fraction of sp³-hybridized carbons (Fsp3) is 0.889. The van der Waals surface area contributed by atoms with Crippen LogP contribution < -0.4 is 5.32 Å². The molecule has 3 unspecified atom stereocenters. The quantitative estimate of drug-likeness (QED) is 0.320. The van der Waals surface area contributed by atoms with Crippen LogP contribution in [-0.4, -0.2) is 24.2 Å². The van der Waals surface area contributed by atoms with Crippen molar-refractivity contribution in [3.8, 4) is 0 Å². The highest BCUT2D eigenvalue weighted by molar-refractivity contribution is 5.76. The lowest BCUT2D eigenvalue weighted by molar-refractivity contribution is -0.135. The van der Waals surface area contributed by atoms with Gasteiger partial charge in [0.25, 0.3) is 0 Å². The van der Waals surface area contributed by atoms with E-state index in [4.69, 9.17) is 4.74 Å². The van der Waals surface area contributed by atoms with Gasteiger partial charge in [-0.3, -0.25) is 4.79 Å². The Hall–Kier alpha value is -0.830. The predicted molar refractivity (Wildman–Crippen MR) is 130 cm³/mol. The maximum atomic E-state index is 12.3. The van der Waals surface area contributed by atoms with Gasteiger partial charge >= 0.3 is 0 Å². The van der Waals surface area contributed by atoms with E-state index < -0.39 is 0 Å². The fourth-order valence-corrected chi connectivity index (χ4v) is 4.91. The predicted octanol–water partition coefficient (Wildman–Crippen LogP) is 7.16. The minimum atomic E-state index is 0.128. The zero-order valence-electron chi connectivity index (χ0n) is 21.2. The topological polar surface area (TPSA) is 38.3 Å². The van der Waals surface area contributed by atoms with E-state index in [0.29, 0.717) is 48.2 Å². The molecule has 0 bridgehead atoms. The van der Waals surface area contributed by atoms with Gasteiger partial charge in [0.2, 0.25) is 5.91 Å². The van der Waals surface area contributed by atoms with E-state index in [1.165, 1.54) is 19.3 Å². The Morgan fingerprint density at radius 2 is 1.67 bits per heavy atom. The van der Waals surface area contributed by atoms with Crippen molar-refractivity contribution in [3.05, 3.63) is 12.2 Å². The van der Waals surface area contributed by atoms with Gasteiger partial charge in [-0.05, 0) is 55.3 Å². The van der Waals surface area contributed by atoms with E-state index in [1.54, 1.807) is 0 Å². The Morgan fingerprint density at radius 3 is 2.27 bits per heavy atom. The van der Waals surface area contributed by atoms with Crippen molar-refractivity contribution in [2.75, 3.05) is 0 Å². The molecule has 1 rings (SSSR count). The highest BCUT2D eigenvalue weighted by atomic mass is 16.5. The largest absolute Gasteiger partial charge is 0.374 e. The Morgan fingerprint density at radius 1 is 1.00 bits per heavy atom. The molecule has 1 saturated heterocycles. The van der Waals surface area contributed by atoms with Crippen molar-refractivity contribution in [1.82, 2.24) is 5.32 Å². The van der Waals surface area contributed by atoms with Crippen LogP contribution in [0.3, 0.4) is 0 Å². The molecule has 3 heteroatoms. The van der Waals surface area contributed by atoms with E-state index in [-0.39, 0.29) is 11.9 Å². The van der Waals surface area contributed by atoms with Gasteiger partial charge in [0.15, 0.2) is 0 Å². The third kappa shape index (κ3) is 8.36. The molecular weight excluding hydrogens is 370 g/mol.